The molecule has 2 atom stereocenters. The molecule has 0 amide bonds. The van der Waals surface area contributed by atoms with E-state index in [2.05, 4.69) is 29.9 Å². The Morgan fingerprint density at radius 1 is 1.29 bits per heavy atom. The Morgan fingerprint density at radius 3 is 2.71 bits per heavy atom. The van der Waals surface area contributed by atoms with Crippen molar-refractivity contribution in [3.63, 3.8) is 0 Å². The third-order valence-electron chi connectivity index (χ3n) is 4.70. The maximum absolute atomic E-state index is 12.4. The highest BCUT2D eigenvalue weighted by Crippen LogP contribution is 2.59. The second-order valence-corrected chi connectivity index (χ2v) is 7.22. The van der Waals surface area contributed by atoms with Crippen LogP contribution in [0, 0.1) is 17.3 Å². The summed E-state index contributed by atoms with van der Waals surface area (Å²) in [6.45, 7) is 8.31. The van der Waals surface area contributed by atoms with E-state index in [0.29, 0.717) is 11.6 Å². The van der Waals surface area contributed by atoms with E-state index >= 15 is 0 Å². The van der Waals surface area contributed by atoms with Crippen molar-refractivity contribution in [1.82, 2.24) is 9.97 Å². The van der Waals surface area contributed by atoms with Crippen molar-refractivity contribution in [2.45, 2.75) is 34.3 Å². The molecule has 0 saturated heterocycles. The van der Waals surface area contributed by atoms with Crippen LogP contribution < -0.4 is 5.73 Å². The molecule has 1 aromatic carbocycles. The Kier molecular flexibility index (Phi) is 4.03. The first-order valence-corrected chi connectivity index (χ1v) is 8.13. The Hall–Kier alpha value is -2.43. The SMILES string of the molecule is CC(C)=CC1C(C(=O)OCc2nc(N)c3ccccc3n2)C1(C)C. The molecule has 1 fully saturated rings. The van der Waals surface area contributed by atoms with Crippen LogP contribution in [0.2, 0.25) is 0 Å². The number of carbonyl (C=O) groups excluding carboxylic acids is 1. The number of anilines is 1. The number of nitrogen functional groups attached to an aromatic ring is 1. The molecule has 24 heavy (non-hydrogen) atoms. The van der Waals surface area contributed by atoms with E-state index in [1.165, 1.54) is 5.57 Å². The first-order chi connectivity index (χ1) is 11.3. The number of carbonyl (C=O) groups is 1. The van der Waals surface area contributed by atoms with Crippen LogP contribution in [-0.4, -0.2) is 15.9 Å². The Balaban J connectivity index is 1.70. The molecule has 126 valence electrons. The van der Waals surface area contributed by atoms with Gasteiger partial charge in [0, 0.05) is 5.39 Å². The Morgan fingerprint density at radius 2 is 2.00 bits per heavy atom. The fraction of sp³-hybridized carbons (Fsp3) is 0.421. The minimum absolute atomic E-state index is 0.0436. The minimum Gasteiger partial charge on any atom is -0.457 e. The van der Waals surface area contributed by atoms with Gasteiger partial charge in [0.15, 0.2) is 12.4 Å². The zero-order valence-electron chi connectivity index (χ0n) is 14.5. The molecule has 5 heteroatoms. The number of fused-ring (bicyclic) bond motifs is 1. The maximum atomic E-state index is 12.4. The number of ether oxygens (including phenoxy) is 1. The van der Waals surface area contributed by atoms with E-state index in [-0.39, 0.29) is 29.8 Å². The predicted molar refractivity (Wildman–Crippen MR) is 93.9 cm³/mol. The van der Waals surface area contributed by atoms with Gasteiger partial charge in [0.25, 0.3) is 0 Å². The van der Waals surface area contributed by atoms with Crippen molar-refractivity contribution in [2.24, 2.45) is 17.3 Å². The van der Waals surface area contributed by atoms with Crippen LogP contribution in [0.15, 0.2) is 35.9 Å². The number of allylic oxidation sites excluding steroid dienone is 2. The molecule has 2 aromatic rings. The minimum atomic E-state index is -0.196. The zero-order valence-corrected chi connectivity index (χ0v) is 14.5. The van der Waals surface area contributed by atoms with Crippen LogP contribution in [0.3, 0.4) is 0 Å². The lowest BCUT2D eigenvalue weighted by Crippen LogP contribution is -2.12. The molecular weight excluding hydrogens is 302 g/mol. The quantitative estimate of drug-likeness (QED) is 0.687. The average molecular weight is 325 g/mol. The number of hydrogen-bond donors (Lipinski definition) is 1. The summed E-state index contributed by atoms with van der Waals surface area (Å²) >= 11 is 0. The highest BCUT2D eigenvalue weighted by atomic mass is 16.5. The molecule has 2 N–H and O–H groups in total. The molecule has 1 aliphatic carbocycles. The zero-order chi connectivity index (χ0) is 17.5. The maximum Gasteiger partial charge on any atom is 0.310 e. The molecule has 3 rings (SSSR count). The van der Waals surface area contributed by atoms with Crippen molar-refractivity contribution in [3.05, 3.63) is 41.7 Å². The number of aromatic nitrogens is 2. The number of nitrogens with two attached hydrogens (primary N) is 1. The Labute approximate surface area is 141 Å². The number of rotatable bonds is 4. The lowest BCUT2D eigenvalue weighted by molar-refractivity contribution is -0.147. The van der Waals surface area contributed by atoms with Gasteiger partial charge < -0.3 is 10.5 Å². The van der Waals surface area contributed by atoms with Gasteiger partial charge >= 0.3 is 5.97 Å². The van der Waals surface area contributed by atoms with Crippen molar-refractivity contribution in [1.29, 1.82) is 0 Å². The molecule has 1 saturated carbocycles. The van der Waals surface area contributed by atoms with Gasteiger partial charge in [-0.3, -0.25) is 4.79 Å². The molecule has 1 aliphatic rings. The van der Waals surface area contributed by atoms with Crippen molar-refractivity contribution < 1.29 is 9.53 Å². The van der Waals surface area contributed by atoms with Crippen LogP contribution >= 0.6 is 0 Å². The van der Waals surface area contributed by atoms with Gasteiger partial charge in [0.05, 0.1) is 11.4 Å². The summed E-state index contributed by atoms with van der Waals surface area (Å²) in [4.78, 5) is 21.0. The van der Waals surface area contributed by atoms with Crippen LogP contribution in [0.4, 0.5) is 5.82 Å². The van der Waals surface area contributed by atoms with Gasteiger partial charge in [-0.1, -0.05) is 37.6 Å². The van der Waals surface area contributed by atoms with Gasteiger partial charge in [-0.15, -0.1) is 0 Å². The van der Waals surface area contributed by atoms with Crippen LogP contribution in [-0.2, 0) is 16.1 Å². The molecular formula is C19H23N3O2. The number of nitrogens with zero attached hydrogens (tertiary/aromatic N) is 2. The van der Waals surface area contributed by atoms with Crippen LogP contribution in [0.1, 0.15) is 33.5 Å². The molecule has 0 spiro atoms. The van der Waals surface area contributed by atoms with E-state index in [9.17, 15) is 4.79 Å². The molecule has 0 aliphatic heterocycles. The summed E-state index contributed by atoms with van der Waals surface area (Å²) in [5, 5.41) is 0.805. The number of hydrogen-bond acceptors (Lipinski definition) is 5. The summed E-state index contributed by atoms with van der Waals surface area (Å²) in [5.74, 6) is 0.762. The van der Waals surface area contributed by atoms with E-state index in [0.717, 1.165) is 10.9 Å². The topological polar surface area (TPSA) is 78.1 Å². The Bertz CT molecular complexity index is 822. The third-order valence-corrected chi connectivity index (χ3v) is 4.70. The molecule has 2 unspecified atom stereocenters. The van der Waals surface area contributed by atoms with Gasteiger partial charge in [-0.2, -0.15) is 0 Å². The standard InChI is InChI=1S/C19H23N3O2/c1-11(2)9-13-16(19(13,3)4)18(23)24-10-15-21-14-8-6-5-7-12(14)17(20)22-15/h5-9,13,16H,10H2,1-4H3,(H2,20,21,22). The molecule has 5 nitrogen and oxygen atoms in total. The summed E-state index contributed by atoms with van der Waals surface area (Å²) < 4.78 is 5.45. The number of benzene rings is 1. The van der Waals surface area contributed by atoms with E-state index < -0.39 is 0 Å². The van der Waals surface area contributed by atoms with Crippen molar-refractivity contribution in [3.8, 4) is 0 Å². The fourth-order valence-corrected chi connectivity index (χ4v) is 3.24. The second-order valence-electron chi connectivity index (χ2n) is 7.22. The highest BCUT2D eigenvalue weighted by Gasteiger charge is 2.61. The lowest BCUT2D eigenvalue weighted by Gasteiger charge is -2.07. The van der Waals surface area contributed by atoms with Gasteiger partial charge in [-0.25, -0.2) is 9.97 Å². The van der Waals surface area contributed by atoms with Crippen LogP contribution in [0.25, 0.3) is 10.9 Å². The summed E-state index contributed by atoms with van der Waals surface area (Å²) in [6.07, 6.45) is 2.15. The van der Waals surface area contributed by atoms with Gasteiger partial charge in [-0.05, 0) is 37.3 Å². The smallest absolute Gasteiger partial charge is 0.310 e. The second kappa shape index (κ2) is 5.89. The predicted octanol–water partition coefficient (Wildman–Crippen LogP) is 3.49. The normalized spacial score (nSPS) is 21.3. The summed E-state index contributed by atoms with van der Waals surface area (Å²) in [6, 6.07) is 7.52. The summed E-state index contributed by atoms with van der Waals surface area (Å²) in [5.41, 5.74) is 7.87. The monoisotopic (exact) mass is 325 g/mol. The third kappa shape index (κ3) is 2.98. The fourth-order valence-electron chi connectivity index (χ4n) is 3.24. The largest absolute Gasteiger partial charge is 0.457 e. The van der Waals surface area contributed by atoms with E-state index in [4.69, 9.17) is 10.5 Å². The molecule has 1 heterocycles. The van der Waals surface area contributed by atoms with Gasteiger partial charge in [0.2, 0.25) is 0 Å². The first-order valence-electron chi connectivity index (χ1n) is 8.13. The van der Waals surface area contributed by atoms with E-state index in [1.54, 1.807) is 0 Å². The van der Waals surface area contributed by atoms with E-state index in [1.807, 2.05) is 38.1 Å². The number of para-hydroxylation sites is 1. The summed E-state index contributed by atoms with van der Waals surface area (Å²) in [7, 11) is 0. The molecule has 0 bridgehead atoms. The van der Waals surface area contributed by atoms with Crippen molar-refractivity contribution in [2.75, 3.05) is 5.73 Å². The van der Waals surface area contributed by atoms with Gasteiger partial charge in [0.1, 0.15) is 5.82 Å². The molecule has 1 aromatic heterocycles. The highest BCUT2D eigenvalue weighted by molar-refractivity contribution is 5.87. The lowest BCUT2D eigenvalue weighted by atomic mass is 10.1. The molecule has 0 radical (unpaired) electrons. The van der Waals surface area contributed by atoms with Crippen LogP contribution in [0.5, 0.6) is 0 Å². The average Bonchev–Trinajstić information content (AvgIpc) is 3.05. The van der Waals surface area contributed by atoms with Crippen molar-refractivity contribution >= 4 is 22.7 Å². The first kappa shape index (κ1) is 16.4. The number of esters is 1.